The number of hydrogen-bond acceptors (Lipinski definition) is 3. The van der Waals surface area contributed by atoms with Gasteiger partial charge in [-0.15, -0.1) is 0 Å². The van der Waals surface area contributed by atoms with E-state index in [0.29, 0.717) is 11.3 Å². The quantitative estimate of drug-likeness (QED) is 0.625. The Morgan fingerprint density at radius 1 is 0.962 bits per heavy atom. The molecule has 0 N–H and O–H groups in total. The fraction of sp³-hybridized carbons (Fsp3) is 0.286. The highest BCUT2D eigenvalue weighted by atomic mass is 16.2. The molecule has 2 aromatic rings. The van der Waals surface area contributed by atoms with Crippen LogP contribution >= 0.6 is 0 Å². The lowest BCUT2D eigenvalue weighted by Gasteiger charge is -2.19. The normalized spacial score (nSPS) is 17.2. The summed E-state index contributed by atoms with van der Waals surface area (Å²) in [4.78, 5) is 40.6. The number of carbonyl (C=O) groups excluding carboxylic acids is 3. The number of rotatable bonds is 4. The molecule has 2 aromatic carbocycles. The SMILES string of the molecule is Cc1ccc(N2C(=O)N(CC(=O)c3cc(C)ccc3C)C(=O)[C@H]2C)cc1. The Hall–Kier alpha value is -2.95. The van der Waals surface area contributed by atoms with Crippen molar-refractivity contribution in [1.82, 2.24) is 4.90 Å². The first-order valence-electron chi connectivity index (χ1n) is 8.61. The molecule has 1 aliphatic rings. The molecule has 26 heavy (non-hydrogen) atoms. The molecule has 0 unspecified atom stereocenters. The Balaban J connectivity index is 1.85. The zero-order valence-corrected chi connectivity index (χ0v) is 15.4. The number of hydrogen-bond donors (Lipinski definition) is 0. The molecule has 1 saturated heterocycles. The van der Waals surface area contributed by atoms with Gasteiger partial charge in [-0.3, -0.25) is 19.4 Å². The Bertz CT molecular complexity index is 887. The molecule has 0 spiro atoms. The van der Waals surface area contributed by atoms with Crippen molar-refractivity contribution < 1.29 is 14.4 Å². The van der Waals surface area contributed by atoms with E-state index >= 15 is 0 Å². The van der Waals surface area contributed by atoms with E-state index in [1.165, 1.54) is 4.90 Å². The molecule has 0 aliphatic carbocycles. The van der Waals surface area contributed by atoms with Crippen LogP contribution in [0.4, 0.5) is 10.5 Å². The second-order valence-electron chi connectivity index (χ2n) is 6.83. The molecule has 134 valence electrons. The monoisotopic (exact) mass is 350 g/mol. The summed E-state index contributed by atoms with van der Waals surface area (Å²) >= 11 is 0. The van der Waals surface area contributed by atoms with Gasteiger partial charge in [-0.05, 0) is 51.5 Å². The van der Waals surface area contributed by atoms with Gasteiger partial charge in [0.25, 0.3) is 5.91 Å². The maximum atomic E-state index is 12.8. The molecule has 0 aromatic heterocycles. The van der Waals surface area contributed by atoms with Crippen molar-refractivity contribution in [2.75, 3.05) is 11.4 Å². The fourth-order valence-electron chi connectivity index (χ4n) is 3.18. The van der Waals surface area contributed by atoms with Gasteiger partial charge in [0.05, 0.1) is 6.54 Å². The molecular weight excluding hydrogens is 328 g/mol. The van der Waals surface area contributed by atoms with Crippen LogP contribution in [0, 0.1) is 20.8 Å². The summed E-state index contributed by atoms with van der Waals surface area (Å²) in [6.07, 6.45) is 0. The molecule has 3 rings (SSSR count). The minimum Gasteiger partial charge on any atom is -0.292 e. The summed E-state index contributed by atoms with van der Waals surface area (Å²) in [5.41, 5.74) is 4.08. The van der Waals surface area contributed by atoms with E-state index in [2.05, 4.69) is 0 Å². The molecule has 0 radical (unpaired) electrons. The zero-order valence-electron chi connectivity index (χ0n) is 15.4. The lowest BCUT2D eigenvalue weighted by Crippen LogP contribution is -2.37. The van der Waals surface area contributed by atoms with Gasteiger partial charge in [-0.2, -0.15) is 0 Å². The zero-order chi connectivity index (χ0) is 19.0. The second kappa shape index (κ2) is 6.75. The maximum absolute atomic E-state index is 12.8. The first kappa shape index (κ1) is 17.9. The summed E-state index contributed by atoms with van der Waals surface area (Å²) in [6, 6.07) is 11.9. The number of amides is 3. The first-order chi connectivity index (χ1) is 12.3. The number of anilines is 1. The Morgan fingerprint density at radius 3 is 2.23 bits per heavy atom. The average Bonchev–Trinajstić information content (AvgIpc) is 2.81. The van der Waals surface area contributed by atoms with E-state index in [9.17, 15) is 14.4 Å². The van der Waals surface area contributed by atoms with Gasteiger partial charge < -0.3 is 0 Å². The number of benzene rings is 2. The van der Waals surface area contributed by atoms with Gasteiger partial charge in [0.1, 0.15) is 6.04 Å². The minimum absolute atomic E-state index is 0.231. The highest BCUT2D eigenvalue weighted by Crippen LogP contribution is 2.26. The number of carbonyl (C=O) groups is 3. The van der Waals surface area contributed by atoms with E-state index in [1.807, 2.05) is 57.2 Å². The average molecular weight is 350 g/mol. The lowest BCUT2D eigenvalue weighted by molar-refractivity contribution is -0.126. The standard InChI is InChI=1S/C21H22N2O3/c1-13-6-9-17(10-7-13)23-16(4)20(25)22(21(23)26)12-19(24)18-11-14(2)5-8-15(18)3/h5-11,16H,12H2,1-4H3/t16-/m1/s1. The van der Waals surface area contributed by atoms with Crippen molar-refractivity contribution in [2.45, 2.75) is 33.7 Å². The molecule has 1 aliphatic heterocycles. The third-order valence-corrected chi connectivity index (χ3v) is 4.76. The van der Waals surface area contributed by atoms with Crippen LogP contribution in [0.1, 0.15) is 34.0 Å². The van der Waals surface area contributed by atoms with Crippen LogP contribution in [0.15, 0.2) is 42.5 Å². The summed E-state index contributed by atoms with van der Waals surface area (Å²) in [5.74, 6) is -0.583. The van der Waals surface area contributed by atoms with Gasteiger partial charge in [-0.1, -0.05) is 35.4 Å². The predicted octanol–water partition coefficient (Wildman–Crippen LogP) is 3.65. The number of nitrogens with zero attached hydrogens (tertiary/aromatic N) is 2. The van der Waals surface area contributed by atoms with E-state index in [0.717, 1.165) is 21.6 Å². The highest BCUT2D eigenvalue weighted by molar-refractivity contribution is 6.16. The summed E-state index contributed by atoms with van der Waals surface area (Å²) in [6.45, 7) is 7.15. The Morgan fingerprint density at radius 2 is 1.58 bits per heavy atom. The Kier molecular flexibility index (Phi) is 4.64. The number of ketones is 1. The fourth-order valence-corrected chi connectivity index (χ4v) is 3.18. The molecular formula is C21H22N2O3. The van der Waals surface area contributed by atoms with Gasteiger partial charge in [0, 0.05) is 11.3 Å². The van der Waals surface area contributed by atoms with Crippen molar-refractivity contribution >= 4 is 23.4 Å². The third-order valence-electron chi connectivity index (χ3n) is 4.76. The first-order valence-corrected chi connectivity index (χ1v) is 8.61. The van der Waals surface area contributed by atoms with E-state index in [1.54, 1.807) is 13.0 Å². The van der Waals surface area contributed by atoms with Crippen LogP contribution in [0.5, 0.6) is 0 Å². The highest BCUT2D eigenvalue weighted by Gasteiger charge is 2.44. The predicted molar refractivity (Wildman–Crippen MR) is 100 cm³/mol. The summed E-state index contributed by atoms with van der Waals surface area (Å²) in [7, 11) is 0. The molecule has 1 atom stereocenters. The van der Waals surface area contributed by atoms with E-state index < -0.39 is 12.1 Å². The van der Waals surface area contributed by atoms with Crippen LogP contribution in [-0.4, -0.2) is 35.2 Å². The molecule has 0 saturated carbocycles. The van der Waals surface area contributed by atoms with Crippen molar-refractivity contribution in [3.8, 4) is 0 Å². The van der Waals surface area contributed by atoms with Crippen LogP contribution in [0.2, 0.25) is 0 Å². The molecule has 0 bridgehead atoms. The summed E-state index contributed by atoms with van der Waals surface area (Å²) < 4.78 is 0. The summed E-state index contributed by atoms with van der Waals surface area (Å²) in [5, 5.41) is 0. The third kappa shape index (κ3) is 3.12. The minimum atomic E-state index is -0.628. The van der Waals surface area contributed by atoms with Crippen molar-refractivity contribution in [3.05, 3.63) is 64.7 Å². The van der Waals surface area contributed by atoms with Gasteiger partial charge in [-0.25, -0.2) is 4.79 Å². The molecule has 5 heteroatoms. The van der Waals surface area contributed by atoms with Crippen LogP contribution in [-0.2, 0) is 4.79 Å². The van der Waals surface area contributed by atoms with Crippen molar-refractivity contribution in [3.63, 3.8) is 0 Å². The van der Waals surface area contributed by atoms with Gasteiger partial charge in [0.2, 0.25) is 0 Å². The molecule has 1 fully saturated rings. The Labute approximate surface area is 153 Å². The number of imide groups is 1. The van der Waals surface area contributed by atoms with Crippen molar-refractivity contribution in [1.29, 1.82) is 0 Å². The smallest absolute Gasteiger partial charge is 0.292 e. The van der Waals surface area contributed by atoms with Crippen molar-refractivity contribution in [2.24, 2.45) is 0 Å². The van der Waals surface area contributed by atoms with E-state index in [-0.39, 0.29) is 18.2 Å². The van der Waals surface area contributed by atoms with Crippen LogP contribution in [0.25, 0.3) is 0 Å². The molecule has 3 amide bonds. The van der Waals surface area contributed by atoms with Gasteiger partial charge >= 0.3 is 6.03 Å². The molecule has 1 heterocycles. The van der Waals surface area contributed by atoms with E-state index in [4.69, 9.17) is 0 Å². The number of urea groups is 1. The number of aryl methyl sites for hydroxylation is 3. The lowest BCUT2D eigenvalue weighted by atomic mass is 10.0. The maximum Gasteiger partial charge on any atom is 0.332 e. The van der Waals surface area contributed by atoms with Gasteiger partial charge in [0.15, 0.2) is 5.78 Å². The molecule has 5 nitrogen and oxygen atoms in total. The number of Topliss-reactive ketones (excluding diaryl/α,β-unsaturated/α-hetero) is 1. The topological polar surface area (TPSA) is 57.7 Å². The second-order valence-corrected chi connectivity index (χ2v) is 6.83. The van der Waals surface area contributed by atoms with Crippen LogP contribution < -0.4 is 4.90 Å². The van der Waals surface area contributed by atoms with Crippen LogP contribution in [0.3, 0.4) is 0 Å². The largest absolute Gasteiger partial charge is 0.332 e.